The van der Waals surface area contributed by atoms with Crippen molar-refractivity contribution in [2.75, 3.05) is 13.2 Å². The van der Waals surface area contributed by atoms with Gasteiger partial charge < -0.3 is 58.7 Å². The van der Waals surface area contributed by atoms with E-state index < -0.39 is 79.3 Å². The summed E-state index contributed by atoms with van der Waals surface area (Å²) in [5, 5.41) is 54.4. The molecule has 53 heavy (non-hydrogen) atoms. The van der Waals surface area contributed by atoms with Crippen LogP contribution in [0, 0.1) is 52.3 Å². The lowest BCUT2D eigenvalue weighted by molar-refractivity contribution is -0.356. The van der Waals surface area contributed by atoms with Crippen molar-refractivity contribution in [3.63, 3.8) is 0 Å². The lowest BCUT2D eigenvalue weighted by atomic mass is 9.43. The van der Waals surface area contributed by atoms with Gasteiger partial charge in [-0.25, -0.2) is 0 Å². The third kappa shape index (κ3) is 6.26. The molecule has 0 bridgehead atoms. The van der Waals surface area contributed by atoms with Crippen LogP contribution < -0.4 is 0 Å². The first-order valence-electron chi connectivity index (χ1n) is 20.5. The Morgan fingerprint density at radius 2 is 1.57 bits per heavy atom. The van der Waals surface area contributed by atoms with E-state index in [-0.39, 0.29) is 29.5 Å². The maximum absolute atomic E-state index is 12.1. The van der Waals surface area contributed by atoms with Crippen LogP contribution in [0.2, 0.25) is 0 Å². The molecule has 4 aliphatic heterocycles. The molecule has 302 valence electrons. The highest BCUT2D eigenvalue weighted by molar-refractivity contribution is 5.66. The maximum atomic E-state index is 12.1. The van der Waals surface area contributed by atoms with Gasteiger partial charge in [-0.3, -0.25) is 4.79 Å². The minimum Gasteiger partial charge on any atom is -0.457 e. The molecule has 4 saturated heterocycles. The lowest BCUT2D eigenvalue weighted by Gasteiger charge is -2.63. The number of hydrogen-bond donors (Lipinski definition) is 5. The number of ether oxygens (including phenoxy) is 7. The lowest BCUT2D eigenvalue weighted by Crippen LogP contribution is -2.64. The van der Waals surface area contributed by atoms with Gasteiger partial charge in [0.05, 0.1) is 37.6 Å². The molecule has 4 heterocycles. The largest absolute Gasteiger partial charge is 0.457 e. The van der Waals surface area contributed by atoms with Gasteiger partial charge in [0.15, 0.2) is 24.5 Å². The molecule has 1 spiro atoms. The molecule has 22 unspecified atom stereocenters. The Labute approximate surface area is 313 Å². The van der Waals surface area contributed by atoms with Gasteiger partial charge in [-0.1, -0.05) is 27.7 Å². The summed E-state index contributed by atoms with van der Waals surface area (Å²) < 4.78 is 43.7. The van der Waals surface area contributed by atoms with Crippen molar-refractivity contribution < 1.29 is 63.5 Å². The van der Waals surface area contributed by atoms with Crippen LogP contribution in [0.5, 0.6) is 0 Å². The zero-order valence-electron chi connectivity index (χ0n) is 32.2. The Kier molecular flexibility index (Phi) is 10.4. The van der Waals surface area contributed by atoms with Crippen LogP contribution in [0.15, 0.2) is 0 Å². The molecule has 0 radical (unpaired) electrons. The summed E-state index contributed by atoms with van der Waals surface area (Å²) in [6.07, 6.45) is -3.99. The quantitative estimate of drug-likeness (QED) is 0.259. The summed E-state index contributed by atoms with van der Waals surface area (Å²) in [5.74, 6) is 1.89. The Balaban J connectivity index is 1.01. The molecule has 8 aliphatic rings. The van der Waals surface area contributed by atoms with Crippen molar-refractivity contribution in [3.8, 4) is 0 Å². The Morgan fingerprint density at radius 1 is 0.792 bits per heavy atom. The highest BCUT2D eigenvalue weighted by Gasteiger charge is 2.70. The summed E-state index contributed by atoms with van der Waals surface area (Å²) in [4.78, 5) is 12.1. The SMILES string of the molecule is CC(=O)OC1COC(OC2CC(O)CC3CCC4C5CC6OC7(CCC(C)CO7)C(C)C6C5(C)CCC4C32C)C(O)C1OC1OC(C)C(O)C(O)C1O. The van der Waals surface area contributed by atoms with Gasteiger partial charge in [-0.15, -0.1) is 0 Å². The van der Waals surface area contributed by atoms with Crippen LogP contribution in [0.3, 0.4) is 0 Å². The number of aliphatic hydroxyl groups excluding tert-OH is 5. The smallest absolute Gasteiger partial charge is 0.303 e. The zero-order chi connectivity index (χ0) is 37.8. The molecule has 0 aromatic heterocycles. The Bertz CT molecular complexity index is 1340. The molecule has 13 nitrogen and oxygen atoms in total. The molecule has 22 atom stereocenters. The van der Waals surface area contributed by atoms with E-state index in [1.54, 1.807) is 0 Å². The van der Waals surface area contributed by atoms with E-state index in [0.29, 0.717) is 48.3 Å². The van der Waals surface area contributed by atoms with Gasteiger partial charge in [0.25, 0.3) is 0 Å². The topological polar surface area (TPSA) is 183 Å². The van der Waals surface area contributed by atoms with Crippen molar-refractivity contribution in [2.24, 2.45) is 52.3 Å². The van der Waals surface area contributed by atoms with E-state index in [1.807, 2.05) is 0 Å². The second-order valence-corrected chi connectivity index (χ2v) is 18.9. The van der Waals surface area contributed by atoms with Crippen molar-refractivity contribution in [1.82, 2.24) is 0 Å². The summed E-state index contributed by atoms with van der Waals surface area (Å²) in [7, 11) is 0. The van der Waals surface area contributed by atoms with Crippen molar-refractivity contribution in [2.45, 2.75) is 179 Å². The third-order valence-electron chi connectivity index (χ3n) is 16.1. The fraction of sp³-hybridized carbons (Fsp3) is 0.975. The number of aliphatic hydroxyl groups is 5. The third-order valence-corrected chi connectivity index (χ3v) is 16.1. The first kappa shape index (κ1) is 38.9. The number of hydrogen-bond acceptors (Lipinski definition) is 13. The van der Waals surface area contributed by atoms with E-state index in [1.165, 1.54) is 13.8 Å². The van der Waals surface area contributed by atoms with E-state index >= 15 is 0 Å². The number of fused-ring (bicyclic) bond motifs is 7. The molecule has 0 aromatic carbocycles. The first-order chi connectivity index (χ1) is 25.1. The number of rotatable bonds is 5. The van der Waals surface area contributed by atoms with Gasteiger partial charge in [0.1, 0.15) is 30.5 Å². The van der Waals surface area contributed by atoms with Crippen LogP contribution in [0.1, 0.15) is 99.3 Å². The summed E-state index contributed by atoms with van der Waals surface area (Å²) in [6, 6.07) is 0. The summed E-state index contributed by atoms with van der Waals surface area (Å²) >= 11 is 0. The predicted octanol–water partition coefficient (Wildman–Crippen LogP) is 2.65. The zero-order valence-corrected chi connectivity index (χ0v) is 32.2. The highest BCUT2D eigenvalue weighted by atomic mass is 16.7. The van der Waals surface area contributed by atoms with Crippen LogP contribution >= 0.6 is 0 Å². The maximum Gasteiger partial charge on any atom is 0.303 e. The Hall–Kier alpha value is -0.970. The second kappa shape index (κ2) is 14.1. The molecule has 8 fully saturated rings. The molecule has 4 aliphatic carbocycles. The molecule has 0 amide bonds. The van der Waals surface area contributed by atoms with E-state index in [0.717, 1.165) is 51.6 Å². The van der Waals surface area contributed by atoms with Crippen LogP contribution in [0.4, 0.5) is 0 Å². The molecular weight excluding hydrogens is 688 g/mol. The fourth-order valence-corrected chi connectivity index (χ4v) is 13.3. The molecule has 0 aromatic rings. The second-order valence-electron chi connectivity index (χ2n) is 18.9. The molecular formula is C40H64O13. The van der Waals surface area contributed by atoms with Crippen LogP contribution in [-0.4, -0.2) is 124 Å². The minimum absolute atomic E-state index is 0.150. The number of esters is 1. The van der Waals surface area contributed by atoms with Crippen molar-refractivity contribution >= 4 is 5.97 Å². The van der Waals surface area contributed by atoms with Gasteiger partial charge in [-0.05, 0) is 98.2 Å². The molecule has 4 saturated carbocycles. The van der Waals surface area contributed by atoms with Gasteiger partial charge in [-0.2, -0.15) is 0 Å². The average Bonchev–Trinajstić information content (AvgIpc) is 3.56. The summed E-state index contributed by atoms with van der Waals surface area (Å²) in [5.41, 5.74) is -0.136. The number of carbonyl (C=O) groups excluding carboxylic acids is 1. The normalized spacial score (nSPS) is 58.0. The van der Waals surface area contributed by atoms with E-state index in [9.17, 15) is 30.3 Å². The van der Waals surface area contributed by atoms with Crippen LogP contribution in [0.25, 0.3) is 0 Å². The van der Waals surface area contributed by atoms with Gasteiger partial charge in [0, 0.05) is 25.7 Å². The van der Waals surface area contributed by atoms with Gasteiger partial charge >= 0.3 is 5.97 Å². The highest BCUT2D eigenvalue weighted by Crippen LogP contribution is 2.71. The predicted molar refractivity (Wildman–Crippen MR) is 187 cm³/mol. The van der Waals surface area contributed by atoms with Crippen LogP contribution in [-0.2, 0) is 38.0 Å². The molecule has 13 heteroatoms. The Morgan fingerprint density at radius 3 is 2.28 bits per heavy atom. The first-order valence-corrected chi connectivity index (χ1v) is 20.5. The fourth-order valence-electron chi connectivity index (χ4n) is 13.3. The minimum atomic E-state index is -1.62. The average molecular weight is 753 g/mol. The van der Waals surface area contributed by atoms with E-state index in [4.69, 9.17) is 33.2 Å². The number of carbonyl (C=O) groups is 1. The van der Waals surface area contributed by atoms with E-state index in [2.05, 4.69) is 27.7 Å². The van der Waals surface area contributed by atoms with Crippen molar-refractivity contribution in [3.05, 3.63) is 0 Å². The van der Waals surface area contributed by atoms with Crippen molar-refractivity contribution in [1.29, 1.82) is 0 Å². The van der Waals surface area contributed by atoms with Gasteiger partial charge in [0.2, 0.25) is 0 Å². The molecule has 5 N–H and O–H groups in total. The molecule has 8 rings (SSSR count). The summed E-state index contributed by atoms with van der Waals surface area (Å²) in [6.45, 7) is 12.9. The monoisotopic (exact) mass is 752 g/mol. The standard InChI is InChI=1S/C40H64O13/c1-18-9-12-40(48-16-18)19(2)30-27(53-40)15-26-24-8-7-22-13-23(42)14-29(39(22,6)25(24)10-11-38(26,30)5)51-36-34(46)35(28(17-47-36)50-21(4)41)52-37-33(45)32(44)31(43)20(3)49-37/h18-20,22-37,42-46H,7-17H2,1-6H3.